The molecule has 3 aromatic rings. The summed E-state index contributed by atoms with van der Waals surface area (Å²) in [6, 6.07) is 12.1. The lowest BCUT2D eigenvalue weighted by molar-refractivity contribution is 0.102. The van der Waals surface area contributed by atoms with Crippen molar-refractivity contribution in [2.75, 3.05) is 22.4 Å². The fourth-order valence-corrected chi connectivity index (χ4v) is 3.44. The molecule has 30 heavy (non-hydrogen) atoms. The minimum absolute atomic E-state index is 0.00891. The molecular formula is C20H21N5O4S. The molecule has 0 atom stereocenters. The number of nitrogen functional groups attached to an aromatic ring is 1. The molecule has 0 spiro atoms. The quantitative estimate of drug-likeness (QED) is 0.470. The van der Waals surface area contributed by atoms with Crippen LogP contribution in [-0.4, -0.2) is 30.9 Å². The predicted molar refractivity (Wildman–Crippen MR) is 114 cm³/mol. The Morgan fingerprint density at radius 1 is 1.10 bits per heavy atom. The lowest BCUT2D eigenvalue weighted by atomic mass is 10.1. The Labute approximate surface area is 174 Å². The van der Waals surface area contributed by atoms with E-state index < -0.39 is 10.0 Å². The highest BCUT2D eigenvalue weighted by atomic mass is 32.2. The minimum Gasteiger partial charge on any atom is -0.491 e. The molecule has 0 aliphatic heterocycles. The summed E-state index contributed by atoms with van der Waals surface area (Å²) in [4.78, 5) is 20.1. The van der Waals surface area contributed by atoms with E-state index in [1.807, 2.05) is 6.92 Å². The average Bonchev–Trinajstić information content (AvgIpc) is 2.73. The number of carbonyl (C=O) groups excluding carboxylic acids is 1. The number of benzene rings is 2. The van der Waals surface area contributed by atoms with E-state index in [0.29, 0.717) is 29.3 Å². The van der Waals surface area contributed by atoms with Crippen LogP contribution < -0.4 is 20.5 Å². The van der Waals surface area contributed by atoms with Gasteiger partial charge in [0.2, 0.25) is 5.95 Å². The number of carbonyl (C=O) groups is 1. The summed E-state index contributed by atoms with van der Waals surface area (Å²) >= 11 is 0. The highest BCUT2D eigenvalue weighted by Crippen LogP contribution is 2.23. The fraction of sp³-hybridized carbons (Fsp3) is 0.150. The van der Waals surface area contributed by atoms with E-state index in [4.69, 9.17) is 10.5 Å². The van der Waals surface area contributed by atoms with Crippen molar-refractivity contribution in [2.45, 2.75) is 18.2 Å². The molecule has 0 radical (unpaired) electrons. The second-order valence-corrected chi connectivity index (χ2v) is 7.94. The third-order valence-electron chi connectivity index (χ3n) is 3.95. The standard InChI is InChI=1S/C20H21N5O4S/c1-2-12-29-18-9-4-14(13-17(18)21)19(26)24-15-5-7-16(8-6-15)30(27,28)25-20-22-10-3-11-23-20/h3-11,13H,2,12,21H2,1H3,(H,24,26)(H,22,23,25). The number of hydrogen-bond acceptors (Lipinski definition) is 7. The van der Waals surface area contributed by atoms with Crippen molar-refractivity contribution < 1.29 is 17.9 Å². The van der Waals surface area contributed by atoms with Gasteiger partial charge in [-0.1, -0.05) is 6.92 Å². The number of ether oxygens (including phenoxy) is 1. The first kappa shape index (κ1) is 21.1. The maximum atomic E-state index is 12.5. The van der Waals surface area contributed by atoms with Gasteiger partial charge in [-0.2, -0.15) is 0 Å². The van der Waals surface area contributed by atoms with E-state index in [0.717, 1.165) is 6.42 Å². The lowest BCUT2D eigenvalue weighted by Crippen LogP contribution is -2.15. The van der Waals surface area contributed by atoms with Crippen LogP contribution in [0, 0.1) is 0 Å². The van der Waals surface area contributed by atoms with Gasteiger partial charge in [-0.15, -0.1) is 0 Å². The van der Waals surface area contributed by atoms with Crippen LogP contribution in [0.2, 0.25) is 0 Å². The fourth-order valence-electron chi connectivity index (χ4n) is 2.48. The molecule has 0 aliphatic carbocycles. The van der Waals surface area contributed by atoms with E-state index in [2.05, 4.69) is 20.0 Å². The summed E-state index contributed by atoms with van der Waals surface area (Å²) in [6.07, 6.45) is 3.71. The number of hydrogen-bond donors (Lipinski definition) is 3. The summed E-state index contributed by atoms with van der Waals surface area (Å²) in [6.45, 7) is 2.52. The molecule has 0 unspecified atom stereocenters. The molecule has 0 saturated carbocycles. The van der Waals surface area contributed by atoms with Crippen molar-refractivity contribution in [3.63, 3.8) is 0 Å². The zero-order chi connectivity index (χ0) is 21.6. The number of nitrogens with one attached hydrogen (secondary N) is 2. The smallest absolute Gasteiger partial charge is 0.264 e. The first-order chi connectivity index (χ1) is 14.4. The van der Waals surface area contributed by atoms with Gasteiger partial charge in [0.15, 0.2) is 0 Å². The topological polar surface area (TPSA) is 136 Å². The molecule has 0 saturated heterocycles. The van der Waals surface area contributed by atoms with Crippen molar-refractivity contribution in [1.29, 1.82) is 0 Å². The Morgan fingerprint density at radius 2 is 1.80 bits per heavy atom. The molecule has 0 aliphatic rings. The molecule has 3 rings (SSSR count). The molecule has 1 aromatic heterocycles. The zero-order valence-electron chi connectivity index (χ0n) is 16.2. The van der Waals surface area contributed by atoms with Gasteiger partial charge in [0.25, 0.3) is 15.9 Å². The maximum Gasteiger partial charge on any atom is 0.264 e. The van der Waals surface area contributed by atoms with E-state index in [9.17, 15) is 13.2 Å². The normalized spacial score (nSPS) is 11.0. The maximum absolute atomic E-state index is 12.5. The van der Waals surface area contributed by atoms with Crippen LogP contribution in [-0.2, 0) is 10.0 Å². The summed E-state index contributed by atoms with van der Waals surface area (Å²) < 4.78 is 32.6. The highest BCUT2D eigenvalue weighted by Gasteiger charge is 2.16. The summed E-state index contributed by atoms with van der Waals surface area (Å²) in [7, 11) is -3.85. The number of anilines is 3. The Kier molecular flexibility index (Phi) is 6.48. The number of rotatable bonds is 8. The molecular weight excluding hydrogens is 406 g/mol. The molecule has 9 nitrogen and oxygen atoms in total. The van der Waals surface area contributed by atoms with Gasteiger partial charge < -0.3 is 15.8 Å². The van der Waals surface area contributed by atoms with Gasteiger partial charge in [0, 0.05) is 23.6 Å². The number of nitrogens with zero attached hydrogens (tertiary/aromatic N) is 2. The number of sulfonamides is 1. The van der Waals surface area contributed by atoms with Crippen molar-refractivity contribution in [3.05, 3.63) is 66.5 Å². The van der Waals surface area contributed by atoms with Crippen molar-refractivity contribution >= 4 is 33.3 Å². The molecule has 156 valence electrons. The Bertz CT molecular complexity index is 1120. The SMILES string of the molecule is CCCOc1ccc(C(=O)Nc2ccc(S(=O)(=O)Nc3ncccn3)cc2)cc1N. The van der Waals surface area contributed by atoms with Crippen LogP contribution in [0.4, 0.5) is 17.3 Å². The van der Waals surface area contributed by atoms with Gasteiger partial charge in [-0.3, -0.25) is 4.79 Å². The molecule has 1 amide bonds. The molecule has 1 heterocycles. The Hall–Kier alpha value is -3.66. The predicted octanol–water partition coefficient (Wildman–Crippen LogP) is 2.90. The van der Waals surface area contributed by atoms with Crippen LogP contribution in [0.3, 0.4) is 0 Å². The first-order valence-corrected chi connectivity index (χ1v) is 10.6. The summed E-state index contributed by atoms with van der Waals surface area (Å²) in [5.41, 5.74) is 7.09. The summed E-state index contributed by atoms with van der Waals surface area (Å²) in [5, 5.41) is 2.70. The monoisotopic (exact) mass is 427 g/mol. The van der Waals surface area contributed by atoms with Gasteiger partial charge in [-0.05, 0) is 55.0 Å². The number of nitrogens with two attached hydrogens (primary N) is 1. The third kappa shape index (κ3) is 5.23. The van der Waals surface area contributed by atoms with Crippen LogP contribution in [0.25, 0.3) is 0 Å². The zero-order valence-corrected chi connectivity index (χ0v) is 17.0. The molecule has 0 bridgehead atoms. The number of amides is 1. The van der Waals surface area contributed by atoms with Crippen molar-refractivity contribution in [2.24, 2.45) is 0 Å². The van der Waals surface area contributed by atoms with E-state index >= 15 is 0 Å². The molecule has 0 fully saturated rings. The van der Waals surface area contributed by atoms with Crippen LogP contribution >= 0.6 is 0 Å². The van der Waals surface area contributed by atoms with Gasteiger partial charge >= 0.3 is 0 Å². The van der Waals surface area contributed by atoms with Crippen LogP contribution in [0.15, 0.2) is 65.8 Å². The van der Waals surface area contributed by atoms with Gasteiger partial charge in [0.05, 0.1) is 17.2 Å². The molecule has 10 heteroatoms. The number of aromatic nitrogens is 2. The minimum atomic E-state index is -3.85. The van der Waals surface area contributed by atoms with Gasteiger partial charge in [0.1, 0.15) is 5.75 Å². The van der Waals surface area contributed by atoms with Crippen LogP contribution in [0.5, 0.6) is 5.75 Å². The molecule has 2 aromatic carbocycles. The first-order valence-electron chi connectivity index (χ1n) is 9.12. The Morgan fingerprint density at radius 3 is 2.43 bits per heavy atom. The van der Waals surface area contributed by atoms with E-state index in [1.54, 1.807) is 18.2 Å². The average molecular weight is 427 g/mol. The highest BCUT2D eigenvalue weighted by molar-refractivity contribution is 7.92. The second kappa shape index (κ2) is 9.23. The van der Waals surface area contributed by atoms with Gasteiger partial charge in [-0.25, -0.2) is 23.1 Å². The van der Waals surface area contributed by atoms with Crippen molar-refractivity contribution in [1.82, 2.24) is 9.97 Å². The van der Waals surface area contributed by atoms with Crippen LogP contribution in [0.1, 0.15) is 23.7 Å². The van der Waals surface area contributed by atoms with Crippen molar-refractivity contribution in [3.8, 4) is 5.75 Å². The van der Waals surface area contributed by atoms with E-state index in [1.165, 1.54) is 42.7 Å². The molecule has 4 N–H and O–H groups in total. The second-order valence-electron chi connectivity index (χ2n) is 6.26. The van der Waals surface area contributed by atoms with E-state index in [-0.39, 0.29) is 16.8 Å². The largest absolute Gasteiger partial charge is 0.491 e. The Balaban J connectivity index is 1.68. The lowest BCUT2D eigenvalue weighted by Gasteiger charge is -2.11. The summed E-state index contributed by atoms with van der Waals surface area (Å²) in [5.74, 6) is 0.117. The third-order valence-corrected chi connectivity index (χ3v) is 5.29.